The Balaban J connectivity index is 1.75. The molecule has 1 amide bonds. The minimum atomic E-state index is -0.198. The van der Waals surface area contributed by atoms with Gasteiger partial charge in [-0.15, -0.1) is 0 Å². The number of benzene rings is 2. The Labute approximate surface area is 158 Å². The zero-order chi connectivity index (χ0) is 19.2. The summed E-state index contributed by atoms with van der Waals surface area (Å²) in [6.45, 7) is 2.00. The van der Waals surface area contributed by atoms with E-state index in [-0.39, 0.29) is 5.91 Å². The second kappa shape index (κ2) is 8.23. The molecule has 0 fully saturated rings. The number of anilines is 3. The van der Waals surface area contributed by atoms with E-state index in [9.17, 15) is 4.79 Å². The number of aromatic nitrogens is 1. The van der Waals surface area contributed by atoms with Gasteiger partial charge in [-0.25, -0.2) is 4.98 Å². The van der Waals surface area contributed by atoms with Crippen LogP contribution in [-0.2, 0) is 0 Å². The zero-order valence-corrected chi connectivity index (χ0v) is 15.4. The molecule has 0 radical (unpaired) electrons. The molecule has 6 heteroatoms. The van der Waals surface area contributed by atoms with Crippen LogP contribution >= 0.6 is 0 Å². The first-order valence-corrected chi connectivity index (χ1v) is 8.42. The molecule has 3 rings (SSSR count). The van der Waals surface area contributed by atoms with Gasteiger partial charge in [0.25, 0.3) is 5.91 Å². The van der Waals surface area contributed by atoms with Crippen LogP contribution in [-0.4, -0.2) is 25.1 Å². The van der Waals surface area contributed by atoms with E-state index in [1.807, 2.05) is 37.3 Å². The number of pyridine rings is 1. The maximum Gasteiger partial charge on any atom is 0.255 e. The Morgan fingerprint density at radius 3 is 2.30 bits per heavy atom. The van der Waals surface area contributed by atoms with Gasteiger partial charge in [0, 0.05) is 29.2 Å². The van der Waals surface area contributed by atoms with Crippen molar-refractivity contribution in [2.45, 2.75) is 6.92 Å². The molecule has 1 heterocycles. The first kappa shape index (κ1) is 18.3. The van der Waals surface area contributed by atoms with Gasteiger partial charge in [0.1, 0.15) is 5.82 Å². The van der Waals surface area contributed by atoms with Gasteiger partial charge in [-0.05, 0) is 43.3 Å². The molecule has 2 aromatic carbocycles. The van der Waals surface area contributed by atoms with Gasteiger partial charge in [0.05, 0.1) is 14.2 Å². The van der Waals surface area contributed by atoms with Crippen molar-refractivity contribution in [1.29, 1.82) is 0 Å². The molecule has 1 aromatic heterocycles. The van der Waals surface area contributed by atoms with Gasteiger partial charge in [0.2, 0.25) is 0 Å². The lowest BCUT2D eigenvalue weighted by molar-refractivity contribution is 0.102. The predicted molar refractivity (Wildman–Crippen MR) is 106 cm³/mol. The van der Waals surface area contributed by atoms with Crippen LogP contribution < -0.4 is 20.1 Å². The fraction of sp³-hybridized carbons (Fsp3) is 0.143. The fourth-order valence-corrected chi connectivity index (χ4v) is 2.54. The molecule has 0 saturated heterocycles. The first-order chi connectivity index (χ1) is 13.1. The molecule has 0 bridgehead atoms. The van der Waals surface area contributed by atoms with E-state index in [0.29, 0.717) is 22.9 Å². The highest BCUT2D eigenvalue weighted by molar-refractivity contribution is 6.04. The van der Waals surface area contributed by atoms with Crippen molar-refractivity contribution in [3.63, 3.8) is 0 Å². The Morgan fingerprint density at radius 1 is 0.889 bits per heavy atom. The predicted octanol–water partition coefficient (Wildman–Crippen LogP) is 4.40. The molecular formula is C21H21N3O3. The summed E-state index contributed by atoms with van der Waals surface area (Å²) in [4.78, 5) is 16.8. The number of nitrogens with one attached hydrogen (secondary N) is 2. The van der Waals surface area contributed by atoms with Gasteiger partial charge in [-0.3, -0.25) is 4.79 Å². The first-order valence-electron chi connectivity index (χ1n) is 8.42. The summed E-state index contributed by atoms with van der Waals surface area (Å²) in [5.41, 5.74) is 3.17. The van der Waals surface area contributed by atoms with E-state index in [1.165, 1.54) is 0 Å². The summed E-state index contributed by atoms with van der Waals surface area (Å²) in [5, 5.41) is 6.05. The van der Waals surface area contributed by atoms with E-state index in [4.69, 9.17) is 9.47 Å². The number of carbonyl (C=O) groups excluding carboxylic acids is 1. The summed E-state index contributed by atoms with van der Waals surface area (Å²) in [7, 11) is 3.17. The number of amides is 1. The third-order valence-corrected chi connectivity index (χ3v) is 3.99. The fourth-order valence-electron chi connectivity index (χ4n) is 2.54. The SMILES string of the molecule is COc1ccc(Nc2cc(C(=O)Nc3ccc(C)cc3)ccn2)cc1OC. The van der Waals surface area contributed by atoms with Gasteiger partial charge in [-0.2, -0.15) is 0 Å². The van der Waals surface area contributed by atoms with Crippen LogP contribution in [0.25, 0.3) is 0 Å². The van der Waals surface area contributed by atoms with Crippen molar-refractivity contribution in [3.8, 4) is 11.5 Å². The van der Waals surface area contributed by atoms with Crippen LogP contribution in [0.1, 0.15) is 15.9 Å². The lowest BCUT2D eigenvalue weighted by atomic mass is 10.2. The standard InChI is InChI=1S/C21H21N3O3/c1-14-4-6-16(7-5-14)24-21(25)15-10-11-22-20(12-15)23-17-8-9-18(26-2)19(13-17)27-3/h4-13H,1-3H3,(H,22,23)(H,24,25). The molecule has 2 N–H and O–H groups in total. The smallest absolute Gasteiger partial charge is 0.255 e. The van der Waals surface area contributed by atoms with Crippen LogP contribution in [0.4, 0.5) is 17.2 Å². The number of carbonyl (C=O) groups is 1. The Bertz CT molecular complexity index is 940. The number of ether oxygens (including phenoxy) is 2. The van der Waals surface area contributed by atoms with Crippen molar-refractivity contribution in [2.75, 3.05) is 24.9 Å². The molecule has 0 unspecified atom stereocenters. The molecule has 0 aliphatic heterocycles. The highest BCUT2D eigenvalue weighted by Crippen LogP contribution is 2.30. The average molecular weight is 363 g/mol. The van der Waals surface area contributed by atoms with Crippen molar-refractivity contribution < 1.29 is 14.3 Å². The molecule has 0 saturated carbocycles. The Morgan fingerprint density at radius 2 is 1.59 bits per heavy atom. The summed E-state index contributed by atoms with van der Waals surface area (Å²) in [6, 6.07) is 16.5. The second-order valence-electron chi connectivity index (χ2n) is 5.94. The zero-order valence-electron chi connectivity index (χ0n) is 15.4. The second-order valence-corrected chi connectivity index (χ2v) is 5.94. The number of hydrogen-bond acceptors (Lipinski definition) is 5. The van der Waals surface area contributed by atoms with Gasteiger partial charge in [-0.1, -0.05) is 17.7 Å². The normalized spacial score (nSPS) is 10.2. The molecule has 0 atom stereocenters. The molecule has 3 aromatic rings. The molecule has 138 valence electrons. The average Bonchev–Trinajstić information content (AvgIpc) is 2.69. The minimum Gasteiger partial charge on any atom is -0.493 e. The highest BCUT2D eigenvalue weighted by atomic mass is 16.5. The van der Waals surface area contributed by atoms with Crippen LogP contribution in [0.2, 0.25) is 0 Å². The van der Waals surface area contributed by atoms with Crippen LogP contribution in [0.3, 0.4) is 0 Å². The third kappa shape index (κ3) is 4.55. The minimum absolute atomic E-state index is 0.198. The van der Waals surface area contributed by atoms with Gasteiger partial charge in [0.15, 0.2) is 11.5 Å². The van der Waals surface area contributed by atoms with E-state index < -0.39 is 0 Å². The highest BCUT2D eigenvalue weighted by Gasteiger charge is 2.09. The largest absolute Gasteiger partial charge is 0.493 e. The maximum absolute atomic E-state index is 12.5. The van der Waals surface area contributed by atoms with Gasteiger partial charge < -0.3 is 20.1 Å². The quantitative estimate of drug-likeness (QED) is 0.679. The molecule has 0 spiro atoms. The Hall–Kier alpha value is -3.54. The summed E-state index contributed by atoms with van der Waals surface area (Å²) >= 11 is 0. The van der Waals surface area contributed by atoms with Crippen molar-refractivity contribution in [1.82, 2.24) is 4.98 Å². The van der Waals surface area contributed by atoms with E-state index in [2.05, 4.69) is 15.6 Å². The summed E-state index contributed by atoms with van der Waals surface area (Å²) < 4.78 is 10.5. The van der Waals surface area contributed by atoms with Crippen molar-refractivity contribution in [2.24, 2.45) is 0 Å². The topological polar surface area (TPSA) is 72.5 Å². The van der Waals surface area contributed by atoms with Crippen LogP contribution in [0.5, 0.6) is 11.5 Å². The van der Waals surface area contributed by atoms with E-state index in [0.717, 1.165) is 16.9 Å². The van der Waals surface area contributed by atoms with Crippen LogP contribution in [0, 0.1) is 6.92 Å². The number of methoxy groups -OCH3 is 2. The lowest BCUT2D eigenvalue weighted by Crippen LogP contribution is -2.12. The molecular weight excluding hydrogens is 342 g/mol. The maximum atomic E-state index is 12.5. The monoisotopic (exact) mass is 363 g/mol. The molecule has 27 heavy (non-hydrogen) atoms. The molecule has 6 nitrogen and oxygen atoms in total. The number of rotatable bonds is 6. The summed E-state index contributed by atoms with van der Waals surface area (Å²) in [6.07, 6.45) is 1.59. The van der Waals surface area contributed by atoms with E-state index >= 15 is 0 Å². The third-order valence-electron chi connectivity index (χ3n) is 3.99. The Kier molecular flexibility index (Phi) is 5.56. The van der Waals surface area contributed by atoms with Gasteiger partial charge >= 0.3 is 0 Å². The number of aryl methyl sites for hydroxylation is 1. The van der Waals surface area contributed by atoms with E-state index in [1.54, 1.807) is 44.7 Å². The van der Waals surface area contributed by atoms with Crippen molar-refractivity contribution >= 4 is 23.1 Å². The van der Waals surface area contributed by atoms with Crippen LogP contribution in [0.15, 0.2) is 60.8 Å². The summed E-state index contributed by atoms with van der Waals surface area (Å²) in [5.74, 6) is 1.60. The lowest BCUT2D eigenvalue weighted by Gasteiger charge is -2.11. The molecule has 0 aliphatic rings. The number of nitrogens with zero attached hydrogens (tertiary/aromatic N) is 1. The number of hydrogen-bond donors (Lipinski definition) is 2. The van der Waals surface area contributed by atoms with Crippen molar-refractivity contribution in [3.05, 3.63) is 71.9 Å². The molecule has 0 aliphatic carbocycles.